The lowest BCUT2D eigenvalue weighted by molar-refractivity contribution is 0.354. The van der Waals surface area contributed by atoms with E-state index in [9.17, 15) is 12.7 Å². The Morgan fingerprint density at radius 2 is 1.88 bits per heavy atom. The quantitative estimate of drug-likeness (QED) is 0.304. The van der Waals surface area contributed by atoms with Crippen molar-refractivity contribution in [3.05, 3.63) is 59.1 Å². The van der Waals surface area contributed by atoms with E-state index >= 15 is 0 Å². The molecule has 0 atom stereocenters. The van der Waals surface area contributed by atoms with Gasteiger partial charge in [-0.15, -0.1) is 3.89 Å². The molecule has 0 fully saturated rings. The highest BCUT2D eigenvalue weighted by atomic mass is 32.2. The fourth-order valence-electron chi connectivity index (χ4n) is 3.45. The lowest BCUT2D eigenvalue weighted by Gasteiger charge is -2.12. The number of aromatic nitrogens is 2. The maximum absolute atomic E-state index is 14.9. The SMILES string of the molecule is COc1cc(OC)c(F)c(Cc2cn(SF)c3ncc(/C(C=N)=C/NCCN(C)C)cc23)c1F. The van der Waals surface area contributed by atoms with Gasteiger partial charge in [-0.1, -0.05) is 0 Å². The molecule has 0 saturated carbocycles. The van der Waals surface area contributed by atoms with Crippen LogP contribution in [0.4, 0.5) is 12.7 Å². The number of hydrogen-bond acceptors (Lipinski definition) is 7. The van der Waals surface area contributed by atoms with Gasteiger partial charge in [-0.25, -0.2) is 17.7 Å². The van der Waals surface area contributed by atoms with Crippen molar-refractivity contribution in [2.45, 2.75) is 6.42 Å². The largest absolute Gasteiger partial charge is 0.494 e. The highest BCUT2D eigenvalue weighted by Crippen LogP contribution is 2.35. The Labute approximate surface area is 200 Å². The Balaban J connectivity index is 2.06. The molecule has 0 amide bonds. The van der Waals surface area contributed by atoms with Gasteiger partial charge in [-0.05, 0) is 25.7 Å². The van der Waals surface area contributed by atoms with Gasteiger partial charge in [0.05, 0.1) is 14.2 Å². The Morgan fingerprint density at radius 1 is 1.21 bits per heavy atom. The number of ether oxygens (including phenoxy) is 2. The van der Waals surface area contributed by atoms with Gasteiger partial charge in [0, 0.05) is 72.5 Å². The van der Waals surface area contributed by atoms with Crippen LogP contribution in [0.1, 0.15) is 16.7 Å². The summed E-state index contributed by atoms with van der Waals surface area (Å²) < 4.78 is 54.7. The third-order valence-electron chi connectivity index (χ3n) is 5.25. The van der Waals surface area contributed by atoms with Crippen molar-refractivity contribution in [1.82, 2.24) is 19.2 Å². The summed E-state index contributed by atoms with van der Waals surface area (Å²) in [5, 5.41) is 11.4. The van der Waals surface area contributed by atoms with E-state index in [4.69, 9.17) is 14.9 Å². The topological polar surface area (TPSA) is 75.4 Å². The molecule has 0 aliphatic carbocycles. The zero-order valence-corrected chi connectivity index (χ0v) is 20.1. The zero-order chi connectivity index (χ0) is 24.8. The van der Waals surface area contributed by atoms with E-state index in [2.05, 4.69) is 10.3 Å². The normalized spacial score (nSPS) is 11.8. The van der Waals surface area contributed by atoms with Crippen LogP contribution in [0.2, 0.25) is 0 Å². The number of nitrogens with zero attached hydrogens (tertiary/aromatic N) is 3. The van der Waals surface area contributed by atoms with Crippen LogP contribution in [0.3, 0.4) is 0 Å². The lowest BCUT2D eigenvalue weighted by atomic mass is 10.0. The summed E-state index contributed by atoms with van der Waals surface area (Å²) in [6, 6.07) is 2.86. The summed E-state index contributed by atoms with van der Waals surface area (Å²) in [5.41, 5.74) is 1.64. The lowest BCUT2D eigenvalue weighted by Crippen LogP contribution is -2.23. The molecule has 34 heavy (non-hydrogen) atoms. The average molecular weight is 494 g/mol. The molecule has 182 valence electrons. The molecule has 0 saturated heterocycles. The van der Waals surface area contributed by atoms with Crippen molar-refractivity contribution in [2.75, 3.05) is 41.4 Å². The van der Waals surface area contributed by atoms with E-state index in [1.165, 1.54) is 36.8 Å². The number of methoxy groups -OCH3 is 2. The van der Waals surface area contributed by atoms with Gasteiger partial charge in [0.1, 0.15) is 0 Å². The molecule has 0 unspecified atom stereocenters. The first-order valence-electron chi connectivity index (χ1n) is 10.3. The van der Waals surface area contributed by atoms with E-state index in [0.717, 1.165) is 12.6 Å². The number of benzene rings is 1. The highest BCUT2D eigenvalue weighted by molar-refractivity contribution is 7.92. The van der Waals surface area contributed by atoms with Gasteiger partial charge in [-0.2, -0.15) is 0 Å². The second-order valence-corrected chi connectivity index (χ2v) is 8.24. The van der Waals surface area contributed by atoms with Crippen LogP contribution < -0.4 is 14.8 Å². The highest BCUT2D eigenvalue weighted by Gasteiger charge is 2.22. The third kappa shape index (κ3) is 5.31. The Bertz CT molecular complexity index is 1190. The van der Waals surface area contributed by atoms with Crippen LogP contribution in [0.5, 0.6) is 11.5 Å². The molecule has 0 bridgehead atoms. The molecule has 11 heteroatoms. The summed E-state index contributed by atoms with van der Waals surface area (Å²) in [7, 11) is 6.47. The molecule has 3 rings (SSSR count). The fourth-order valence-corrected chi connectivity index (χ4v) is 3.83. The molecule has 0 spiro atoms. The monoisotopic (exact) mass is 493 g/mol. The maximum Gasteiger partial charge on any atom is 0.171 e. The van der Waals surface area contributed by atoms with Crippen LogP contribution in [-0.4, -0.2) is 61.5 Å². The maximum atomic E-state index is 14.9. The number of hydrogen-bond donors (Lipinski definition) is 2. The molecule has 0 aliphatic rings. The number of pyridine rings is 1. The smallest absolute Gasteiger partial charge is 0.171 e. The van der Waals surface area contributed by atoms with Crippen LogP contribution >= 0.6 is 12.3 Å². The first-order valence-corrected chi connectivity index (χ1v) is 11.0. The van der Waals surface area contributed by atoms with E-state index in [0.29, 0.717) is 34.3 Å². The summed E-state index contributed by atoms with van der Waals surface area (Å²) in [6.07, 6.45) is 5.66. The third-order valence-corrected chi connectivity index (χ3v) is 5.68. The van der Waals surface area contributed by atoms with Crippen molar-refractivity contribution < 1.29 is 22.1 Å². The van der Waals surface area contributed by atoms with Crippen LogP contribution in [0, 0.1) is 17.0 Å². The average Bonchev–Trinajstić information content (AvgIpc) is 3.18. The first-order chi connectivity index (χ1) is 16.3. The van der Waals surface area contributed by atoms with Crippen molar-refractivity contribution in [3.8, 4) is 11.5 Å². The number of likely N-dealkylation sites (N-methyl/N-ethyl adjacent to an activating group) is 1. The molecule has 2 N–H and O–H groups in total. The molecular weight excluding hydrogens is 467 g/mol. The van der Waals surface area contributed by atoms with E-state index < -0.39 is 11.6 Å². The molecule has 1 aromatic carbocycles. The van der Waals surface area contributed by atoms with Crippen molar-refractivity contribution in [2.24, 2.45) is 0 Å². The number of rotatable bonds is 11. The molecule has 7 nitrogen and oxygen atoms in total. The number of fused-ring (bicyclic) bond motifs is 1. The van der Waals surface area contributed by atoms with Crippen molar-refractivity contribution in [3.63, 3.8) is 0 Å². The molecule has 2 heterocycles. The van der Waals surface area contributed by atoms with Crippen LogP contribution in [0.15, 0.2) is 30.7 Å². The number of nitrogens with one attached hydrogen (secondary N) is 2. The minimum absolute atomic E-state index is 0.0662. The van der Waals surface area contributed by atoms with E-state index in [-0.39, 0.29) is 35.8 Å². The standard InChI is InChI=1S/C23H26F3N5O2S/c1-30(2)6-5-28-11-16(10-27)14-7-17-15(13-31(34-26)23(17)29-12-14)8-18-21(24)19(32-3)9-20(33-4)22(18)25/h7,9-13,27-28H,5-6,8H2,1-4H3/b16-11+,27-10?. The Kier molecular flexibility index (Phi) is 8.46. The fraction of sp³-hybridized carbons (Fsp3) is 0.304. The van der Waals surface area contributed by atoms with E-state index in [1.807, 2.05) is 19.0 Å². The summed E-state index contributed by atoms with van der Waals surface area (Å²) in [6.45, 7) is 1.48. The van der Waals surface area contributed by atoms with Crippen LogP contribution in [0.25, 0.3) is 16.6 Å². The van der Waals surface area contributed by atoms with Gasteiger partial charge >= 0.3 is 0 Å². The summed E-state index contributed by atoms with van der Waals surface area (Å²) >= 11 is -0.0662. The van der Waals surface area contributed by atoms with E-state index in [1.54, 1.807) is 12.3 Å². The Hall–Kier alpha value is -3.18. The minimum atomic E-state index is -0.858. The van der Waals surface area contributed by atoms with Gasteiger partial charge in [0.15, 0.2) is 41.1 Å². The molecule has 3 aromatic rings. The predicted octanol–water partition coefficient (Wildman–Crippen LogP) is 4.44. The molecule has 2 aromatic heterocycles. The van der Waals surface area contributed by atoms with Gasteiger partial charge < -0.3 is 25.1 Å². The first kappa shape index (κ1) is 25.4. The summed E-state index contributed by atoms with van der Waals surface area (Å²) in [5.74, 6) is -2.03. The van der Waals surface area contributed by atoms with Gasteiger partial charge in [0.25, 0.3) is 0 Å². The van der Waals surface area contributed by atoms with Crippen molar-refractivity contribution >= 4 is 35.2 Å². The molecule has 0 aliphatic heterocycles. The van der Waals surface area contributed by atoms with Crippen LogP contribution in [-0.2, 0) is 6.42 Å². The second-order valence-electron chi connectivity index (χ2n) is 7.71. The van der Waals surface area contributed by atoms with Gasteiger partial charge in [0.2, 0.25) is 0 Å². The Morgan fingerprint density at radius 3 is 2.44 bits per heavy atom. The predicted molar refractivity (Wildman–Crippen MR) is 129 cm³/mol. The van der Waals surface area contributed by atoms with Gasteiger partial charge in [-0.3, -0.25) is 0 Å². The molecule has 0 radical (unpaired) electrons. The molecular formula is C23H26F3N5O2S. The second kappa shape index (κ2) is 11.3. The minimum Gasteiger partial charge on any atom is -0.494 e. The number of allylic oxidation sites excluding steroid dienone is 1. The number of halogens is 3. The van der Waals surface area contributed by atoms with Crippen molar-refractivity contribution in [1.29, 1.82) is 5.41 Å². The zero-order valence-electron chi connectivity index (χ0n) is 19.3. The summed E-state index contributed by atoms with van der Waals surface area (Å²) in [4.78, 5) is 6.36.